The summed E-state index contributed by atoms with van der Waals surface area (Å²) >= 11 is 5.09. The SMILES string of the molecule is CCC(CC)(C(=O)Nc1ccc2c(c1)OCCO2)C(N)=S. The molecule has 6 heteroatoms. The largest absolute Gasteiger partial charge is 0.486 e. The van der Waals surface area contributed by atoms with Crippen LogP contribution in [0.3, 0.4) is 0 Å². The number of fused-ring (bicyclic) bond motifs is 1. The Kier molecular flexibility index (Phi) is 4.67. The van der Waals surface area contributed by atoms with Gasteiger partial charge in [-0.2, -0.15) is 0 Å². The fourth-order valence-corrected chi connectivity index (χ4v) is 2.78. The number of carbonyl (C=O) groups excluding carboxylic acids is 1. The van der Waals surface area contributed by atoms with Gasteiger partial charge >= 0.3 is 0 Å². The first-order chi connectivity index (χ1) is 10.0. The van der Waals surface area contributed by atoms with E-state index in [1.165, 1.54) is 0 Å². The number of nitrogens with one attached hydrogen (secondary N) is 1. The number of thiocarbonyl (C=S) groups is 1. The van der Waals surface area contributed by atoms with Gasteiger partial charge in [-0.3, -0.25) is 4.79 Å². The molecule has 0 aliphatic carbocycles. The average Bonchev–Trinajstić information content (AvgIpc) is 2.48. The highest BCUT2D eigenvalue weighted by atomic mass is 32.1. The number of nitrogens with two attached hydrogens (primary N) is 1. The second-order valence-electron chi connectivity index (χ2n) is 4.97. The lowest BCUT2D eigenvalue weighted by Gasteiger charge is -2.29. The van der Waals surface area contributed by atoms with Gasteiger partial charge in [0, 0.05) is 11.8 Å². The molecule has 0 spiro atoms. The highest BCUT2D eigenvalue weighted by molar-refractivity contribution is 7.80. The van der Waals surface area contributed by atoms with Crippen molar-refractivity contribution in [3.63, 3.8) is 0 Å². The second kappa shape index (κ2) is 6.30. The summed E-state index contributed by atoms with van der Waals surface area (Å²) in [7, 11) is 0. The van der Waals surface area contributed by atoms with E-state index in [4.69, 9.17) is 27.4 Å². The van der Waals surface area contributed by atoms with Crippen LogP contribution in [0.1, 0.15) is 26.7 Å². The van der Waals surface area contributed by atoms with Crippen LogP contribution >= 0.6 is 12.2 Å². The Morgan fingerprint density at radius 1 is 1.29 bits per heavy atom. The second-order valence-corrected chi connectivity index (χ2v) is 5.41. The molecule has 0 radical (unpaired) electrons. The maximum Gasteiger partial charge on any atom is 0.237 e. The van der Waals surface area contributed by atoms with Crippen LogP contribution in [0.5, 0.6) is 11.5 Å². The molecule has 114 valence electrons. The summed E-state index contributed by atoms with van der Waals surface area (Å²) in [5, 5.41) is 2.87. The van der Waals surface area contributed by atoms with Gasteiger partial charge < -0.3 is 20.5 Å². The number of hydrogen-bond acceptors (Lipinski definition) is 4. The van der Waals surface area contributed by atoms with E-state index in [0.717, 1.165) is 0 Å². The molecule has 1 aliphatic rings. The van der Waals surface area contributed by atoms with Crippen LogP contribution in [0, 0.1) is 5.41 Å². The number of hydrogen-bond donors (Lipinski definition) is 2. The topological polar surface area (TPSA) is 73.6 Å². The average molecular weight is 308 g/mol. The van der Waals surface area contributed by atoms with E-state index < -0.39 is 5.41 Å². The van der Waals surface area contributed by atoms with E-state index >= 15 is 0 Å². The van der Waals surface area contributed by atoms with Crippen molar-refractivity contribution in [1.82, 2.24) is 0 Å². The van der Waals surface area contributed by atoms with Gasteiger partial charge in [0.25, 0.3) is 0 Å². The predicted octanol–water partition coefficient (Wildman–Crippen LogP) is 2.49. The zero-order valence-corrected chi connectivity index (χ0v) is 13.1. The molecule has 0 aromatic heterocycles. The Hall–Kier alpha value is -1.82. The molecule has 0 bridgehead atoms. The van der Waals surface area contributed by atoms with E-state index in [-0.39, 0.29) is 10.9 Å². The Morgan fingerprint density at radius 3 is 2.48 bits per heavy atom. The van der Waals surface area contributed by atoms with Gasteiger partial charge in [0.05, 0.1) is 10.4 Å². The summed E-state index contributed by atoms with van der Waals surface area (Å²) < 4.78 is 11.0. The van der Waals surface area contributed by atoms with Crippen LogP contribution in [0.25, 0.3) is 0 Å². The van der Waals surface area contributed by atoms with Crippen molar-refractivity contribution < 1.29 is 14.3 Å². The fraction of sp³-hybridized carbons (Fsp3) is 0.467. The molecule has 21 heavy (non-hydrogen) atoms. The molecule has 0 saturated carbocycles. The molecule has 5 nitrogen and oxygen atoms in total. The summed E-state index contributed by atoms with van der Waals surface area (Å²) in [6, 6.07) is 5.31. The molecule has 1 heterocycles. The molecule has 3 N–H and O–H groups in total. The number of rotatable bonds is 5. The van der Waals surface area contributed by atoms with Crippen molar-refractivity contribution in [2.24, 2.45) is 11.1 Å². The van der Waals surface area contributed by atoms with Crippen LogP contribution in [-0.2, 0) is 4.79 Å². The third-order valence-corrected chi connectivity index (χ3v) is 4.30. The normalized spacial score (nSPS) is 13.6. The van der Waals surface area contributed by atoms with E-state index in [1.54, 1.807) is 18.2 Å². The third-order valence-electron chi connectivity index (χ3n) is 3.91. The lowest BCUT2D eigenvalue weighted by molar-refractivity contribution is -0.122. The summed E-state index contributed by atoms with van der Waals surface area (Å²) in [4.78, 5) is 12.8. The maximum atomic E-state index is 12.6. The molecule has 0 fully saturated rings. The monoisotopic (exact) mass is 308 g/mol. The standard InChI is InChI=1S/C15H20N2O3S/c1-3-15(4-2,13(16)21)14(18)17-10-5-6-11-12(9-10)20-8-7-19-11/h5-6,9H,3-4,7-8H2,1-2H3,(H2,16,21)(H,17,18). The number of amides is 1. The molecule has 1 aliphatic heterocycles. The van der Waals surface area contributed by atoms with E-state index in [2.05, 4.69) is 5.32 Å². The third kappa shape index (κ3) is 2.95. The first kappa shape index (κ1) is 15.6. The quantitative estimate of drug-likeness (QED) is 0.818. The van der Waals surface area contributed by atoms with Gasteiger partial charge in [-0.15, -0.1) is 0 Å². The van der Waals surface area contributed by atoms with Crippen molar-refractivity contribution in [2.75, 3.05) is 18.5 Å². The van der Waals surface area contributed by atoms with Crippen LogP contribution in [0.15, 0.2) is 18.2 Å². The van der Waals surface area contributed by atoms with E-state index in [0.29, 0.717) is 43.2 Å². The Balaban J connectivity index is 2.21. The first-order valence-electron chi connectivity index (χ1n) is 7.04. The minimum absolute atomic E-state index is 0.184. The van der Waals surface area contributed by atoms with Crippen LogP contribution in [0.2, 0.25) is 0 Å². The van der Waals surface area contributed by atoms with Crippen molar-refractivity contribution in [1.29, 1.82) is 0 Å². The Labute approximate surface area is 129 Å². The number of ether oxygens (including phenoxy) is 2. The van der Waals surface area contributed by atoms with Gasteiger partial charge in [-0.25, -0.2) is 0 Å². The van der Waals surface area contributed by atoms with Crippen molar-refractivity contribution in [3.05, 3.63) is 18.2 Å². The Morgan fingerprint density at radius 2 is 1.90 bits per heavy atom. The number of benzene rings is 1. The van der Waals surface area contributed by atoms with Crippen LogP contribution < -0.4 is 20.5 Å². The van der Waals surface area contributed by atoms with Gasteiger partial charge in [0.1, 0.15) is 13.2 Å². The summed E-state index contributed by atoms with van der Waals surface area (Å²) in [5.74, 6) is 1.13. The van der Waals surface area contributed by atoms with Crippen molar-refractivity contribution in [3.8, 4) is 11.5 Å². The highest BCUT2D eigenvalue weighted by Gasteiger charge is 2.38. The maximum absolute atomic E-state index is 12.6. The van der Waals surface area contributed by atoms with Gasteiger partial charge in [-0.1, -0.05) is 26.1 Å². The summed E-state index contributed by atoms with van der Waals surface area (Å²) in [6.45, 7) is 4.86. The minimum Gasteiger partial charge on any atom is -0.486 e. The molecule has 0 atom stereocenters. The lowest BCUT2D eigenvalue weighted by atomic mass is 9.81. The first-order valence-corrected chi connectivity index (χ1v) is 7.45. The molecule has 1 aromatic rings. The molecular weight excluding hydrogens is 288 g/mol. The number of anilines is 1. The lowest BCUT2D eigenvalue weighted by Crippen LogP contribution is -2.45. The van der Waals surface area contributed by atoms with E-state index in [9.17, 15) is 4.79 Å². The van der Waals surface area contributed by atoms with Crippen LogP contribution in [-0.4, -0.2) is 24.1 Å². The number of carbonyl (C=O) groups is 1. The molecule has 0 unspecified atom stereocenters. The zero-order chi connectivity index (χ0) is 15.5. The molecular formula is C15H20N2O3S. The fourth-order valence-electron chi connectivity index (χ4n) is 2.40. The summed E-state index contributed by atoms with van der Waals surface area (Å²) in [5.41, 5.74) is 5.61. The Bertz CT molecular complexity index is 556. The molecule has 1 aromatic carbocycles. The van der Waals surface area contributed by atoms with Gasteiger partial charge in [0.15, 0.2) is 11.5 Å². The zero-order valence-electron chi connectivity index (χ0n) is 12.3. The van der Waals surface area contributed by atoms with Crippen LogP contribution in [0.4, 0.5) is 5.69 Å². The van der Waals surface area contributed by atoms with Crippen molar-refractivity contribution >= 4 is 28.8 Å². The smallest absolute Gasteiger partial charge is 0.237 e. The predicted molar refractivity (Wildman–Crippen MR) is 85.9 cm³/mol. The molecule has 0 saturated heterocycles. The van der Waals surface area contributed by atoms with Gasteiger partial charge in [-0.05, 0) is 25.0 Å². The summed E-state index contributed by atoms with van der Waals surface area (Å²) in [6.07, 6.45) is 1.13. The molecule has 1 amide bonds. The van der Waals surface area contributed by atoms with E-state index in [1.807, 2.05) is 13.8 Å². The highest BCUT2D eigenvalue weighted by Crippen LogP contribution is 2.34. The minimum atomic E-state index is -0.817. The van der Waals surface area contributed by atoms with Gasteiger partial charge in [0.2, 0.25) is 5.91 Å². The molecule has 2 rings (SSSR count). The van der Waals surface area contributed by atoms with Crippen molar-refractivity contribution in [2.45, 2.75) is 26.7 Å².